The molecule has 5 heteroatoms. The number of rotatable bonds is 6. The highest BCUT2D eigenvalue weighted by Crippen LogP contribution is 2.18. The monoisotopic (exact) mass is 310 g/mol. The zero-order chi connectivity index (χ0) is 16.1. The van der Waals surface area contributed by atoms with E-state index in [-0.39, 0.29) is 18.2 Å². The number of benzene rings is 2. The van der Waals surface area contributed by atoms with E-state index in [0.717, 1.165) is 11.1 Å². The maximum absolute atomic E-state index is 12.3. The Balaban J connectivity index is 1.68. The Morgan fingerprint density at radius 3 is 2.35 bits per heavy atom. The molecule has 0 saturated carbocycles. The van der Waals surface area contributed by atoms with E-state index in [1.54, 1.807) is 0 Å². The molecule has 5 nitrogen and oxygen atoms in total. The van der Waals surface area contributed by atoms with E-state index in [2.05, 4.69) is 10.6 Å². The van der Waals surface area contributed by atoms with Crippen LogP contribution in [0, 0.1) is 0 Å². The number of carbonyl (C=O) groups excluding carboxylic acids is 2. The fourth-order valence-corrected chi connectivity index (χ4v) is 2.35. The van der Waals surface area contributed by atoms with Crippen LogP contribution in [0.3, 0.4) is 0 Å². The zero-order valence-corrected chi connectivity index (χ0v) is 12.6. The Morgan fingerprint density at radius 1 is 1.13 bits per heavy atom. The lowest BCUT2D eigenvalue weighted by Crippen LogP contribution is -2.56. The summed E-state index contributed by atoms with van der Waals surface area (Å²) >= 11 is 0. The Morgan fingerprint density at radius 2 is 1.78 bits per heavy atom. The van der Waals surface area contributed by atoms with Crippen LogP contribution >= 0.6 is 0 Å². The van der Waals surface area contributed by atoms with Crippen molar-refractivity contribution in [3.8, 4) is 0 Å². The van der Waals surface area contributed by atoms with Crippen LogP contribution in [0.4, 0.5) is 0 Å². The van der Waals surface area contributed by atoms with E-state index in [1.807, 2.05) is 60.7 Å². The fourth-order valence-electron chi connectivity index (χ4n) is 2.35. The van der Waals surface area contributed by atoms with Gasteiger partial charge in [0.25, 0.3) is 5.91 Å². The predicted molar refractivity (Wildman–Crippen MR) is 85.4 cm³/mol. The second-order valence-corrected chi connectivity index (χ2v) is 5.39. The molecular formula is C18H18N2O3. The van der Waals surface area contributed by atoms with Crippen LogP contribution in [0.5, 0.6) is 0 Å². The van der Waals surface area contributed by atoms with Gasteiger partial charge in [-0.1, -0.05) is 60.7 Å². The molecule has 0 bridgehead atoms. The highest BCUT2D eigenvalue weighted by molar-refractivity contribution is 5.86. The minimum absolute atomic E-state index is 0.148. The molecule has 0 radical (unpaired) electrons. The third-order valence-electron chi connectivity index (χ3n) is 3.66. The van der Waals surface area contributed by atoms with E-state index < -0.39 is 12.3 Å². The summed E-state index contributed by atoms with van der Waals surface area (Å²) < 4.78 is 5.75. The Kier molecular flexibility index (Phi) is 4.68. The van der Waals surface area contributed by atoms with Gasteiger partial charge in [0.05, 0.1) is 13.0 Å². The van der Waals surface area contributed by atoms with Gasteiger partial charge >= 0.3 is 0 Å². The largest absolute Gasteiger partial charge is 0.351 e. The van der Waals surface area contributed by atoms with Gasteiger partial charge in [-0.2, -0.15) is 0 Å². The van der Waals surface area contributed by atoms with Crippen molar-refractivity contribution in [2.75, 3.05) is 6.54 Å². The van der Waals surface area contributed by atoms with Crippen LogP contribution in [0.25, 0.3) is 0 Å². The van der Waals surface area contributed by atoms with Crippen molar-refractivity contribution in [3.05, 3.63) is 71.8 Å². The highest BCUT2D eigenvalue weighted by Gasteiger charge is 2.32. The second kappa shape index (κ2) is 7.07. The summed E-state index contributed by atoms with van der Waals surface area (Å²) in [6.07, 6.45) is -0.884. The molecule has 23 heavy (non-hydrogen) atoms. The molecule has 2 aromatic carbocycles. The highest BCUT2D eigenvalue weighted by atomic mass is 16.5. The van der Waals surface area contributed by atoms with Gasteiger partial charge in [0.15, 0.2) is 12.3 Å². The van der Waals surface area contributed by atoms with E-state index in [9.17, 15) is 9.59 Å². The summed E-state index contributed by atoms with van der Waals surface area (Å²) in [6, 6.07) is 18.9. The number of carbonyl (C=O) groups is 2. The molecule has 0 aromatic heterocycles. The van der Waals surface area contributed by atoms with E-state index in [1.165, 1.54) is 0 Å². The lowest BCUT2D eigenvalue weighted by molar-refractivity contribution is -0.152. The SMILES string of the molecule is O=C(Cc1ccccc1)NC(O[C@H]1CNC1=O)c1ccccc1. The minimum atomic E-state index is -0.636. The van der Waals surface area contributed by atoms with Gasteiger partial charge in [-0.3, -0.25) is 9.59 Å². The average Bonchev–Trinajstić information content (AvgIpc) is 2.58. The van der Waals surface area contributed by atoms with Crippen LogP contribution in [0.2, 0.25) is 0 Å². The van der Waals surface area contributed by atoms with Crippen LogP contribution < -0.4 is 10.6 Å². The van der Waals surface area contributed by atoms with Crippen LogP contribution in [0.1, 0.15) is 17.4 Å². The summed E-state index contributed by atoms with van der Waals surface area (Å²) in [5, 5.41) is 5.49. The first-order valence-corrected chi connectivity index (χ1v) is 7.54. The first kappa shape index (κ1) is 15.2. The normalized spacial score (nSPS) is 17.7. The fraction of sp³-hybridized carbons (Fsp3) is 0.222. The van der Waals surface area contributed by atoms with Crippen LogP contribution in [-0.2, 0) is 20.7 Å². The molecule has 0 spiro atoms. The molecule has 1 saturated heterocycles. The third kappa shape index (κ3) is 3.96. The van der Waals surface area contributed by atoms with Crippen molar-refractivity contribution < 1.29 is 14.3 Å². The quantitative estimate of drug-likeness (QED) is 0.628. The number of ether oxygens (including phenoxy) is 1. The lowest BCUT2D eigenvalue weighted by Gasteiger charge is -2.30. The summed E-state index contributed by atoms with van der Waals surface area (Å²) in [7, 11) is 0. The molecule has 2 amide bonds. The van der Waals surface area contributed by atoms with Gasteiger partial charge in [0, 0.05) is 5.56 Å². The van der Waals surface area contributed by atoms with Gasteiger partial charge in [0.2, 0.25) is 5.91 Å². The van der Waals surface area contributed by atoms with E-state index >= 15 is 0 Å². The number of hydrogen-bond donors (Lipinski definition) is 2. The van der Waals surface area contributed by atoms with Crippen molar-refractivity contribution in [3.63, 3.8) is 0 Å². The van der Waals surface area contributed by atoms with Gasteiger partial charge in [0.1, 0.15) is 0 Å². The van der Waals surface area contributed by atoms with Gasteiger partial charge in [-0.25, -0.2) is 0 Å². The molecule has 1 unspecified atom stereocenters. The van der Waals surface area contributed by atoms with Gasteiger partial charge in [-0.05, 0) is 5.56 Å². The molecule has 1 fully saturated rings. The first-order chi connectivity index (χ1) is 11.2. The van der Waals surface area contributed by atoms with Crippen molar-refractivity contribution >= 4 is 11.8 Å². The number of nitrogens with one attached hydrogen (secondary N) is 2. The van der Waals surface area contributed by atoms with Crippen molar-refractivity contribution in [1.29, 1.82) is 0 Å². The maximum atomic E-state index is 12.3. The third-order valence-corrected chi connectivity index (χ3v) is 3.66. The first-order valence-electron chi connectivity index (χ1n) is 7.54. The minimum Gasteiger partial charge on any atom is -0.351 e. The lowest BCUT2D eigenvalue weighted by atomic mass is 10.1. The van der Waals surface area contributed by atoms with Gasteiger partial charge < -0.3 is 15.4 Å². The molecule has 118 valence electrons. The molecule has 2 atom stereocenters. The second-order valence-electron chi connectivity index (χ2n) is 5.39. The van der Waals surface area contributed by atoms with Crippen molar-refractivity contribution in [2.45, 2.75) is 18.8 Å². The van der Waals surface area contributed by atoms with Gasteiger partial charge in [-0.15, -0.1) is 0 Å². The van der Waals surface area contributed by atoms with Crippen molar-refractivity contribution in [2.24, 2.45) is 0 Å². The molecule has 1 aliphatic rings. The van der Waals surface area contributed by atoms with E-state index in [0.29, 0.717) is 6.54 Å². The predicted octanol–water partition coefficient (Wildman–Crippen LogP) is 1.56. The smallest absolute Gasteiger partial charge is 0.251 e. The topological polar surface area (TPSA) is 67.4 Å². The molecule has 0 aliphatic carbocycles. The molecule has 1 aliphatic heterocycles. The summed E-state index contributed by atoms with van der Waals surface area (Å²) in [5.41, 5.74) is 1.74. The van der Waals surface area contributed by atoms with Crippen LogP contribution in [-0.4, -0.2) is 24.5 Å². The summed E-state index contributed by atoms with van der Waals surface area (Å²) in [5.74, 6) is -0.298. The Labute approximate surface area is 134 Å². The molecule has 2 aromatic rings. The maximum Gasteiger partial charge on any atom is 0.251 e. The standard InChI is InChI=1S/C18H18N2O3/c21-16(11-13-7-3-1-4-8-13)20-18(14-9-5-2-6-10-14)23-15-12-19-17(15)22/h1-10,15,18H,11-12H2,(H,19,22)(H,20,21)/t15-,18?/m0/s1. The Hall–Kier alpha value is -2.66. The average molecular weight is 310 g/mol. The van der Waals surface area contributed by atoms with Crippen LogP contribution in [0.15, 0.2) is 60.7 Å². The van der Waals surface area contributed by atoms with Crippen molar-refractivity contribution in [1.82, 2.24) is 10.6 Å². The molecule has 3 rings (SSSR count). The Bertz CT molecular complexity index is 673. The number of hydrogen-bond acceptors (Lipinski definition) is 3. The molecule has 2 N–H and O–H groups in total. The molecule has 1 heterocycles. The number of amides is 2. The molecular weight excluding hydrogens is 292 g/mol. The van der Waals surface area contributed by atoms with E-state index in [4.69, 9.17) is 4.74 Å². The zero-order valence-electron chi connectivity index (χ0n) is 12.6. The summed E-state index contributed by atoms with van der Waals surface area (Å²) in [4.78, 5) is 23.7. The summed E-state index contributed by atoms with van der Waals surface area (Å²) in [6.45, 7) is 0.469. The number of β-lactam (4-membered cyclic amide) rings is 1.